The van der Waals surface area contributed by atoms with Gasteiger partial charge in [-0.1, -0.05) is 13.8 Å². The Labute approximate surface area is 110 Å². The van der Waals surface area contributed by atoms with Gasteiger partial charge in [-0.3, -0.25) is 5.32 Å². The molecule has 0 saturated heterocycles. The van der Waals surface area contributed by atoms with E-state index in [9.17, 15) is 4.79 Å². The molecule has 0 saturated carbocycles. The number of rotatable bonds is 3. The van der Waals surface area contributed by atoms with Crippen LogP contribution in [0.15, 0.2) is 16.6 Å². The number of anilines is 2. The van der Waals surface area contributed by atoms with E-state index in [2.05, 4.69) is 21.2 Å². The third kappa shape index (κ3) is 4.26. The van der Waals surface area contributed by atoms with Gasteiger partial charge in [0.2, 0.25) is 0 Å². The number of hydrogen-bond acceptors (Lipinski definition) is 3. The molecule has 1 rings (SSSR count). The normalized spacial score (nSPS) is 10.4. The second-order valence-electron chi connectivity index (χ2n) is 4.31. The van der Waals surface area contributed by atoms with Crippen molar-refractivity contribution in [1.82, 2.24) is 0 Å². The third-order valence-electron chi connectivity index (χ3n) is 2.14. The average Bonchev–Trinajstić information content (AvgIpc) is 2.23. The van der Waals surface area contributed by atoms with E-state index >= 15 is 0 Å². The van der Waals surface area contributed by atoms with E-state index in [0.29, 0.717) is 23.9 Å². The van der Waals surface area contributed by atoms with Gasteiger partial charge in [0.1, 0.15) is 0 Å². The van der Waals surface area contributed by atoms with Crippen LogP contribution in [-0.2, 0) is 4.74 Å². The fourth-order valence-electron chi connectivity index (χ4n) is 1.17. The Balaban J connectivity index is 2.68. The third-order valence-corrected chi connectivity index (χ3v) is 2.80. The quantitative estimate of drug-likeness (QED) is 0.839. The van der Waals surface area contributed by atoms with E-state index in [4.69, 9.17) is 10.5 Å². The van der Waals surface area contributed by atoms with Crippen molar-refractivity contribution < 1.29 is 9.53 Å². The Morgan fingerprint density at radius 2 is 2.18 bits per heavy atom. The van der Waals surface area contributed by atoms with Crippen molar-refractivity contribution >= 4 is 33.4 Å². The first-order chi connectivity index (χ1) is 7.90. The lowest BCUT2D eigenvalue weighted by atomic mass is 10.2. The molecule has 0 aromatic heterocycles. The molecule has 1 amide bonds. The van der Waals surface area contributed by atoms with E-state index in [1.165, 1.54) is 0 Å². The van der Waals surface area contributed by atoms with Gasteiger partial charge in [0.05, 0.1) is 12.3 Å². The largest absolute Gasteiger partial charge is 0.449 e. The monoisotopic (exact) mass is 300 g/mol. The number of amides is 1. The predicted octanol–water partition coefficient (Wildman–Crippen LogP) is 3.54. The van der Waals surface area contributed by atoms with Crippen molar-refractivity contribution in [2.24, 2.45) is 5.92 Å². The summed E-state index contributed by atoms with van der Waals surface area (Å²) < 4.78 is 5.80. The molecule has 4 nitrogen and oxygen atoms in total. The summed E-state index contributed by atoms with van der Waals surface area (Å²) >= 11 is 3.36. The van der Waals surface area contributed by atoms with Crippen molar-refractivity contribution in [1.29, 1.82) is 0 Å². The number of nitrogen functional groups attached to an aromatic ring is 1. The van der Waals surface area contributed by atoms with Gasteiger partial charge in [-0.05, 0) is 46.5 Å². The maximum Gasteiger partial charge on any atom is 0.411 e. The maximum atomic E-state index is 11.5. The molecule has 3 N–H and O–H groups in total. The van der Waals surface area contributed by atoms with E-state index in [-0.39, 0.29) is 0 Å². The molecule has 1 aromatic carbocycles. The predicted molar refractivity (Wildman–Crippen MR) is 73.1 cm³/mol. The van der Waals surface area contributed by atoms with E-state index in [1.54, 1.807) is 6.07 Å². The van der Waals surface area contributed by atoms with Crippen molar-refractivity contribution in [2.75, 3.05) is 17.7 Å². The summed E-state index contributed by atoms with van der Waals surface area (Å²) in [5.74, 6) is 0.312. The molecular formula is C12H17BrN2O2. The molecule has 0 spiro atoms. The Morgan fingerprint density at radius 3 is 2.76 bits per heavy atom. The number of carbonyl (C=O) groups excluding carboxylic acids is 1. The van der Waals surface area contributed by atoms with Crippen LogP contribution in [0.5, 0.6) is 0 Å². The highest BCUT2D eigenvalue weighted by molar-refractivity contribution is 9.10. The zero-order chi connectivity index (χ0) is 13.0. The second kappa shape index (κ2) is 5.91. The Kier molecular flexibility index (Phi) is 4.81. The molecule has 0 radical (unpaired) electrons. The summed E-state index contributed by atoms with van der Waals surface area (Å²) in [5, 5.41) is 2.65. The van der Waals surface area contributed by atoms with Crippen molar-refractivity contribution in [3.8, 4) is 0 Å². The first-order valence-electron chi connectivity index (χ1n) is 5.39. The van der Waals surface area contributed by atoms with Crippen LogP contribution in [0.3, 0.4) is 0 Å². The van der Waals surface area contributed by atoms with Crippen molar-refractivity contribution in [2.45, 2.75) is 20.8 Å². The van der Waals surface area contributed by atoms with Crippen LogP contribution < -0.4 is 11.1 Å². The fourth-order valence-corrected chi connectivity index (χ4v) is 1.73. The van der Waals surface area contributed by atoms with E-state index in [1.807, 2.05) is 26.8 Å². The number of ether oxygens (including phenoxy) is 1. The highest BCUT2D eigenvalue weighted by Gasteiger charge is 2.09. The minimum Gasteiger partial charge on any atom is -0.449 e. The maximum absolute atomic E-state index is 11.5. The van der Waals surface area contributed by atoms with Gasteiger partial charge in [0.25, 0.3) is 0 Å². The highest BCUT2D eigenvalue weighted by atomic mass is 79.9. The molecular weight excluding hydrogens is 284 g/mol. The van der Waals surface area contributed by atoms with Crippen LogP contribution >= 0.6 is 15.9 Å². The molecule has 0 bridgehead atoms. The number of aryl methyl sites for hydroxylation is 1. The zero-order valence-electron chi connectivity index (χ0n) is 10.2. The van der Waals surface area contributed by atoms with Gasteiger partial charge in [0, 0.05) is 10.2 Å². The van der Waals surface area contributed by atoms with Crippen LogP contribution in [0.2, 0.25) is 0 Å². The lowest BCUT2D eigenvalue weighted by molar-refractivity contribution is 0.147. The van der Waals surface area contributed by atoms with Gasteiger partial charge in [-0.15, -0.1) is 0 Å². The minimum absolute atomic E-state index is 0.312. The Bertz CT molecular complexity index is 419. The Morgan fingerprint density at radius 1 is 1.53 bits per heavy atom. The van der Waals surface area contributed by atoms with Gasteiger partial charge in [-0.25, -0.2) is 4.79 Å². The number of nitrogens with one attached hydrogen (secondary N) is 1. The van der Waals surface area contributed by atoms with Gasteiger partial charge < -0.3 is 10.5 Å². The fraction of sp³-hybridized carbons (Fsp3) is 0.417. The topological polar surface area (TPSA) is 64.3 Å². The van der Waals surface area contributed by atoms with Gasteiger partial charge in [-0.2, -0.15) is 0 Å². The molecule has 0 aliphatic heterocycles. The van der Waals surface area contributed by atoms with E-state index in [0.717, 1.165) is 10.0 Å². The van der Waals surface area contributed by atoms with Crippen LogP contribution in [-0.4, -0.2) is 12.7 Å². The molecule has 1 aromatic rings. The first-order valence-corrected chi connectivity index (χ1v) is 6.19. The zero-order valence-corrected chi connectivity index (χ0v) is 11.8. The lowest BCUT2D eigenvalue weighted by Gasteiger charge is -2.11. The average molecular weight is 301 g/mol. The van der Waals surface area contributed by atoms with Crippen molar-refractivity contribution in [3.05, 3.63) is 22.2 Å². The first kappa shape index (κ1) is 13.8. The lowest BCUT2D eigenvalue weighted by Crippen LogP contribution is -2.17. The van der Waals surface area contributed by atoms with Gasteiger partial charge >= 0.3 is 6.09 Å². The molecule has 5 heteroatoms. The second-order valence-corrected chi connectivity index (χ2v) is 5.16. The molecule has 17 heavy (non-hydrogen) atoms. The number of nitrogens with two attached hydrogens (primary N) is 1. The number of carbonyl (C=O) groups is 1. The van der Waals surface area contributed by atoms with Crippen LogP contribution in [0, 0.1) is 12.8 Å². The Hall–Kier alpha value is -1.23. The van der Waals surface area contributed by atoms with Crippen LogP contribution in [0.25, 0.3) is 0 Å². The van der Waals surface area contributed by atoms with E-state index < -0.39 is 6.09 Å². The van der Waals surface area contributed by atoms with Gasteiger partial charge in [0.15, 0.2) is 0 Å². The standard InChI is InChI=1S/C12H17BrN2O2/c1-7(2)6-17-12(16)15-11-5-10(14)8(3)4-9(11)13/h4-5,7H,6,14H2,1-3H3,(H,15,16). The summed E-state index contributed by atoms with van der Waals surface area (Å²) in [5.41, 5.74) is 7.98. The summed E-state index contributed by atoms with van der Waals surface area (Å²) in [6.45, 7) is 6.26. The molecule has 0 atom stereocenters. The molecule has 0 fully saturated rings. The molecule has 0 heterocycles. The summed E-state index contributed by atoms with van der Waals surface area (Å²) in [6, 6.07) is 3.56. The van der Waals surface area contributed by atoms with Crippen LogP contribution in [0.4, 0.5) is 16.2 Å². The summed E-state index contributed by atoms with van der Waals surface area (Å²) in [4.78, 5) is 11.5. The molecule has 94 valence electrons. The number of hydrogen-bond donors (Lipinski definition) is 2. The molecule has 0 aliphatic carbocycles. The smallest absolute Gasteiger partial charge is 0.411 e. The minimum atomic E-state index is -0.470. The highest BCUT2D eigenvalue weighted by Crippen LogP contribution is 2.27. The SMILES string of the molecule is Cc1cc(Br)c(NC(=O)OCC(C)C)cc1N. The van der Waals surface area contributed by atoms with Crippen LogP contribution in [0.1, 0.15) is 19.4 Å². The number of benzene rings is 1. The number of halogens is 1. The molecule has 0 aliphatic rings. The summed E-state index contributed by atoms with van der Waals surface area (Å²) in [7, 11) is 0. The molecule has 0 unspecified atom stereocenters. The summed E-state index contributed by atoms with van der Waals surface area (Å²) in [6.07, 6.45) is -0.470. The van der Waals surface area contributed by atoms with Crippen molar-refractivity contribution in [3.63, 3.8) is 0 Å².